The molecule has 1 aromatic heterocycles. The normalized spacial score (nSPS) is 10.8. The molecular formula is C7H6BrF3N2. The van der Waals surface area contributed by atoms with Crippen LogP contribution in [0.15, 0.2) is 6.20 Å². The van der Waals surface area contributed by atoms with Crippen molar-refractivity contribution in [3.63, 3.8) is 0 Å². The maximum atomic E-state index is 13.1. The fourth-order valence-corrected chi connectivity index (χ4v) is 1.26. The standard InChI is InChI=1S/C7H6BrF3N2/c8-1-4-6(9)5(7(10)11)3(12)2-13-4/h2,7H,1,12H2. The number of nitrogens with two attached hydrogens (primary N) is 1. The molecule has 6 heteroatoms. The van der Waals surface area contributed by atoms with Crippen molar-refractivity contribution in [3.05, 3.63) is 23.3 Å². The lowest BCUT2D eigenvalue weighted by molar-refractivity contribution is 0.147. The van der Waals surface area contributed by atoms with Gasteiger partial charge >= 0.3 is 0 Å². The molecule has 0 amide bonds. The van der Waals surface area contributed by atoms with Gasteiger partial charge in [0.05, 0.1) is 23.1 Å². The minimum Gasteiger partial charge on any atom is -0.397 e. The lowest BCUT2D eigenvalue weighted by atomic mass is 10.2. The van der Waals surface area contributed by atoms with Crippen molar-refractivity contribution in [1.82, 2.24) is 4.98 Å². The van der Waals surface area contributed by atoms with Gasteiger partial charge in [-0.3, -0.25) is 4.98 Å². The summed E-state index contributed by atoms with van der Waals surface area (Å²) in [6.45, 7) is 0. The molecule has 0 spiro atoms. The molecule has 0 aliphatic carbocycles. The fraction of sp³-hybridized carbons (Fsp3) is 0.286. The number of rotatable bonds is 2. The second-order valence-electron chi connectivity index (χ2n) is 2.32. The highest BCUT2D eigenvalue weighted by atomic mass is 79.9. The molecule has 0 saturated heterocycles. The number of anilines is 1. The Hall–Kier alpha value is -0.780. The van der Waals surface area contributed by atoms with Crippen LogP contribution in [-0.2, 0) is 5.33 Å². The van der Waals surface area contributed by atoms with Gasteiger partial charge in [-0.05, 0) is 0 Å². The van der Waals surface area contributed by atoms with Crippen LogP contribution >= 0.6 is 15.9 Å². The second-order valence-corrected chi connectivity index (χ2v) is 2.88. The van der Waals surface area contributed by atoms with E-state index in [-0.39, 0.29) is 16.7 Å². The molecule has 2 nitrogen and oxygen atoms in total. The zero-order valence-electron chi connectivity index (χ0n) is 6.40. The predicted molar refractivity (Wildman–Crippen MR) is 46.2 cm³/mol. The fourth-order valence-electron chi connectivity index (χ4n) is 0.871. The first kappa shape index (κ1) is 10.3. The van der Waals surface area contributed by atoms with E-state index in [9.17, 15) is 13.2 Å². The summed E-state index contributed by atoms with van der Waals surface area (Å²) in [7, 11) is 0. The second kappa shape index (κ2) is 3.95. The molecule has 0 aliphatic heterocycles. The summed E-state index contributed by atoms with van der Waals surface area (Å²) >= 11 is 2.93. The van der Waals surface area contributed by atoms with Crippen LogP contribution in [0.4, 0.5) is 18.9 Å². The molecule has 0 saturated carbocycles. The Morgan fingerprint density at radius 1 is 1.54 bits per heavy atom. The lowest BCUT2D eigenvalue weighted by Crippen LogP contribution is -2.04. The van der Waals surface area contributed by atoms with Crippen molar-refractivity contribution in [2.45, 2.75) is 11.8 Å². The summed E-state index contributed by atoms with van der Waals surface area (Å²) in [5, 5.41) is 0.0822. The van der Waals surface area contributed by atoms with E-state index in [2.05, 4.69) is 20.9 Å². The largest absolute Gasteiger partial charge is 0.397 e. The Kier molecular flexibility index (Phi) is 3.13. The number of pyridine rings is 1. The first-order chi connectivity index (χ1) is 6.07. The predicted octanol–water partition coefficient (Wildman–Crippen LogP) is 2.64. The van der Waals surface area contributed by atoms with Crippen molar-refractivity contribution < 1.29 is 13.2 Å². The van der Waals surface area contributed by atoms with Gasteiger partial charge in [-0.15, -0.1) is 0 Å². The van der Waals surface area contributed by atoms with Gasteiger partial charge in [0.15, 0.2) is 5.82 Å². The van der Waals surface area contributed by atoms with Crippen molar-refractivity contribution >= 4 is 21.6 Å². The van der Waals surface area contributed by atoms with Crippen molar-refractivity contribution in [2.24, 2.45) is 0 Å². The van der Waals surface area contributed by atoms with E-state index in [1.54, 1.807) is 0 Å². The van der Waals surface area contributed by atoms with Crippen molar-refractivity contribution in [1.29, 1.82) is 0 Å². The van der Waals surface area contributed by atoms with Crippen LogP contribution < -0.4 is 5.73 Å². The topological polar surface area (TPSA) is 38.9 Å². The number of halogens is 4. The maximum absolute atomic E-state index is 13.1. The number of nitrogen functional groups attached to an aromatic ring is 1. The van der Waals surface area contributed by atoms with E-state index in [0.717, 1.165) is 6.20 Å². The third-order valence-corrected chi connectivity index (χ3v) is 2.04. The van der Waals surface area contributed by atoms with Crippen molar-refractivity contribution in [2.75, 3.05) is 5.73 Å². The summed E-state index contributed by atoms with van der Waals surface area (Å²) in [4.78, 5) is 3.56. The van der Waals surface area contributed by atoms with Crippen LogP contribution in [0.3, 0.4) is 0 Å². The van der Waals surface area contributed by atoms with Gasteiger partial charge in [0.2, 0.25) is 0 Å². The zero-order valence-corrected chi connectivity index (χ0v) is 7.98. The highest BCUT2D eigenvalue weighted by Gasteiger charge is 2.20. The van der Waals surface area contributed by atoms with Gasteiger partial charge in [0.1, 0.15) is 0 Å². The van der Waals surface area contributed by atoms with E-state index >= 15 is 0 Å². The number of aromatic nitrogens is 1. The maximum Gasteiger partial charge on any atom is 0.268 e. The van der Waals surface area contributed by atoms with Gasteiger partial charge in [0, 0.05) is 5.33 Å². The van der Waals surface area contributed by atoms with Gasteiger partial charge < -0.3 is 5.73 Å². The molecule has 0 atom stereocenters. The average Bonchev–Trinajstić information content (AvgIpc) is 2.04. The Morgan fingerprint density at radius 3 is 2.62 bits per heavy atom. The van der Waals surface area contributed by atoms with Gasteiger partial charge in [-0.25, -0.2) is 13.2 Å². The quantitative estimate of drug-likeness (QED) is 0.825. The molecule has 0 bridgehead atoms. The third-order valence-electron chi connectivity index (χ3n) is 1.51. The molecule has 72 valence electrons. The smallest absolute Gasteiger partial charge is 0.268 e. The number of hydrogen-bond acceptors (Lipinski definition) is 2. The summed E-state index contributed by atoms with van der Waals surface area (Å²) in [5.74, 6) is -1.04. The third kappa shape index (κ3) is 1.93. The molecule has 13 heavy (non-hydrogen) atoms. The number of hydrogen-bond donors (Lipinski definition) is 1. The van der Waals surface area contributed by atoms with Crippen LogP contribution in [0.2, 0.25) is 0 Å². The molecule has 0 unspecified atom stereocenters. The van der Waals surface area contributed by atoms with E-state index in [1.807, 2.05) is 0 Å². The highest BCUT2D eigenvalue weighted by molar-refractivity contribution is 9.08. The summed E-state index contributed by atoms with van der Waals surface area (Å²) < 4.78 is 37.6. The molecule has 1 rings (SSSR count). The first-order valence-electron chi connectivity index (χ1n) is 3.34. The molecule has 0 aliphatic rings. The molecular weight excluding hydrogens is 249 g/mol. The Morgan fingerprint density at radius 2 is 2.15 bits per heavy atom. The highest BCUT2D eigenvalue weighted by Crippen LogP contribution is 2.28. The molecule has 0 radical (unpaired) electrons. The van der Waals surface area contributed by atoms with Gasteiger partial charge in [-0.1, -0.05) is 15.9 Å². The number of nitrogens with zero attached hydrogens (tertiary/aromatic N) is 1. The zero-order chi connectivity index (χ0) is 10.0. The minimum absolute atomic E-state index is 0.0653. The summed E-state index contributed by atoms with van der Waals surface area (Å²) in [6.07, 6.45) is -1.89. The Balaban J connectivity index is 3.30. The van der Waals surface area contributed by atoms with Gasteiger partial charge in [0.25, 0.3) is 6.43 Å². The van der Waals surface area contributed by atoms with Crippen molar-refractivity contribution in [3.8, 4) is 0 Å². The average molecular weight is 255 g/mol. The SMILES string of the molecule is Nc1cnc(CBr)c(F)c1C(F)F. The van der Waals surface area contributed by atoms with Gasteiger partial charge in [-0.2, -0.15) is 0 Å². The minimum atomic E-state index is -2.92. The summed E-state index contributed by atoms with van der Waals surface area (Å²) in [6, 6.07) is 0. The van der Waals surface area contributed by atoms with E-state index in [4.69, 9.17) is 5.73 Å². The monoisotopic (exact) mass is 254 g/mol. The van der Waals surface area contributed by atoms with Crippen LogP contribution in [0, 0.1) is 5.82 Å². The molecule has 1 heterocycles. The molecule has 0 aromatic carbocycles. The van der Waals surface area contributed by atoms with Crippen LogP contribution in [0.5, 0.6) is 0 Å². The first-order valence-corrected chi connectivity index (χ1v) is 4.47. The molecule has 1 aromatic rings. The van der Waals surface area contributed by atoms with E-state index < -0.39 is 17.8 Å². The van der Waals surface area contributed by atoms with Crippen LogP contribution in [0.1, 0.15) is 17.7 Å². The lowest BCUT2D eigenvalue weighted by Gasteiger charge is -2.07. The Bertz CT molecular complexity index is 317. The van der Waals surface area contributed by atoms with E-state index in [0.29, 0.717) is 0 Å². The van der Waals surface area contributed by atoms with Crippen LogP contribution in [0.25, 0.3) is 0 Å². The Labute approximate surface area is 81.1 Å². The van der Waals surface area contributed by atoms with Crippen LogP contribution in [-0.4, -0.2) is 4.98 Å². The number of alkyl halides is 3. The molecule has 0 fully saturated rings. The van der Waals surface area contributed by atoms with E-state index in [1.165, 1.54) is 0 Å². The summed E-state index contributed by atoms with van der Waals surface area (Å²) in [5.41, 5.74) is 3.99. The molecule has 2 N–H and O–H groups in total.